The molecule has 3 atom stereocenters. The van der Waals surface area contributed by atoms with Crippen molar-refractivity contribution in [2.24, 2.45) is 16.8 Å². The first kappa shape index (κ1) is 30.5. The average molecular weight is 602 g/mol. The molecule has 0 spiro atoms. The number of hydrogen-bond acceptors (Lipinski definition) is 4. The van der Waals surface area contributed by atoms with E-state index < -0.39 is 80.2 Å². The number of nitrogens with zero attached hydrogens (tertiary/aromatic N) is 2. The van der Waals surface area contributed by atoms with Gasteiger partial charge in [0.15, 0.2) is 0 Å². The SMILES string of the molecule is Cc1ccc(C2=NC(N3C(=O)[C@@H](CCCC(F)(F)F)[C@@H](CCC(F)(F)F)C3=O)C(=O)Nc3c(Cl)cccc32)cc1C. The summed E-state index contributed by atoms with van der Waals surface area (Å²) in [6.45, 7) is 3.73. The number of anilines is 1. The minimum absolute atomic E-state index is 0.139. The van der Waals surface area contributed by atoms with E-state index in [1.165, 1.54) is 6.07 Å². The maximum Gasteiger partial charge on any atom is 0.389 e. The molecule has 0 saturated carbocycles. The number of hydrogen-bond donors (Lipinski definition) is 1. The van der Waals surface area contributed by atoms with E-state index in [1.54, 1.807) is 24.3 Å². The number of aliphatic imine (C=N–C) groups is 1. The topological polar surface area (TPSA) is 78.8 Å². The number of likely N-dealkylation sites (tertiary alicyclic amines) is 1. The molecule has 0 aromatic heterocycles. The predicted octanol–water partition coefficient (Wildman–Crippen LogP) is 6.75. The lowest BCUT2D eigenvalue weighted by Crippen LogP contribution is -2.46. The van der Waals surface area contributed by atoms with Crippen molar-refractivity contribution in [3.63, 3.8) is 0 Å². The first-order chi connectivity index (χ1) is 19.1. The molecule has 4 rings (SSSR count). The Balaban J connectivity index is 1.78. The van der Waals surface area contributed by atoms with Crippen LogP contribution >= 0.6 is 11.6 Å². The van der Waals surface area contributed by atoms with Crippen LogP contribution < -0.4 is 5.32 Å². The lowest BCUT2D eigenvalue weighted by Gasteiger charge is -2.22. The summed E-state index contributed by atoms with van der Waals surface area (Å²) in [7, 11) is 0. The largest absolute Gasteiger partial charge is 0.389 e. The van der Waals surface area contributed by atoms with Crippen LogP contribution in [0.2, 0.25) is 5.02 Å². The number of amides is 3. The van der Waals surface area contributed by atoms with Crippen molar-refractivity contribution in [1.82, 2.24) is 4.90 Å². The highest BCUT2D eigenvalue weighted by atomic mass is 35.5. The number of nitrogens with one attached hydrogen (secondary N) is 1. The zero-order chi connectivity index (χ0) is 30.3. The molecule has 2 aliphatic heterocycles. The quantitative estimate of drug-likeness (QED) is 0.282. The van der Waals surface area contributed by atoms with E-state index in [0.717, 1.165) is 11.1 Å². The number of carbonyl (C=O) groups excluding carboxylic acids is 3. The molecular formula is C28H26ClF6N3O3. The summed E-state index contributed by atoms with van der Waals surface area (Å²) in [5, 5.41) is 2.71. The summed E-state index contributed by atoms with van der Waals surface area (Å²) in [5.41, 5.74) is 3.09. The van der Waals surface area contributed by atoms with Gasteiger partial charge in [-0.3, -0.25) is 14.4 Å². The fourth-order valence-corrected chi connectivity index (χ4v) is 5.34. The Kier molecular flexibility index (Phi) is 8.54. The molecule has 2 aliphatic rings. The first-order valence-corrected chi connectivity index (χ1v) is 13.2. The van der Waals surface area contributed by atoms with Crippen molar-refractivity contribution in [3.05, 3.63) is 63.7 Å². The van der Waals surface area contributed by atoms with Gasteiger partial charge in [-0.15, -0.1) is 0 Å². The first-order valence-electron chi connectivity index (χ1n) is 12.8. The van der Waals surface area contributed by atoms with Crippen LogP contribution in [0.4, 0.5) is 32.0 Å². The number of fused-ring (bicyclic) bond motifs is 1. The number of rotatable bonds is 7. The van der Waals surface area contributed by atoms with Gasteiger partial charge in [0.25, 0.3) is 5.91 Å². The van der Waals surface area contributed by atoms with E-state index in [2.05, 4.69) is 10.3 Å². The highest BCUT2D eigenvalue weighted by molar-refractivity contribution is 6.36. The monoisotopic (exact) mass is 601 g/mol. The normalized spacial score (nSPS) is 21.5. The molecular weight excluding hydrogens is 576 g/mol. The average Bonchev–Trinajstić information content (AvgIpc) is 2.99. The third-order valence-corrected chi connectivity index (χ3v) is 7.65. The molecule has 1 fully saturated rings. The minimum atomic E-state index is -4.67. The molecule has 41 heavy (non-hydrogen) atoms. The summed E-state index contributed by atoms with van der Waals surface area (Å²) in [5.74, 6) is -6.08. The number of aryl methyl sites for hydroxylation is 2. The van der Waals surface area contributed by atoms with Crippen molar-refractivity contribution in [2.45, 2.75) is 64.5 Å². The Morgan fingerprint density at radius 3 is 2.12 bits per heavy atom. The Morgan fingerprint density at radius 1 is 0.878 bits per heavy atom. The van der Waals surface area contributed by atoms with Crippen LogP contribution in [0, 0.1) is 25.7 Å². The van der Waals surface area contributed by atoms with Gasteiger partial charge >= 0.3 is 12.4 Å². The standard InChI is InChI=1S/C28H26ClF6N3O3/c1-14-8-9-16(13-15(14)2)21-19-5-3-7-20(29)22(19)37-24(39)23(36-21)38-25(40)17(6-4-11-27(30,31)32)18(26(38)41)10-12-28(33,34)35/h3,5,7-9,13,17-18,23H,4,6,10-12H2,1-2H3,(H,37,39)/t17-,18+,23?/m0/s1. The second-order valence-corrected chi connectivity index (χ2v) is 10.6. The van der Waals surface area contributed by atoms with E-state index in [-0.39, 0.29) is 16.4 Å². The lowest BCUT2D eigenvalue weighted by molar-refractivity contribution is -0.147. The smallest absolute Gasteiger partial charge is 0.321 e. The van der Waals surface area contributed by atoms with Gasteiger partial charge in [-0.1, -0.05) is 35.9 Å². The number of para-hydroxylation sites is 1. The van der Waals surface area contributed by atoms with Gasteiger partial charge in [0.2, 0.25) is 18.0 Å². The minimum Gasteiger partial charge on any atom is -0.321 e. The van der Waals surface area contributed by atoms with E-state index in [9.17, 15) is 40.7 Å². The number of imide groups is 1. The number of alkyl halides is 6. The number of carbonyl (C=O) groups is 3. The summed E-state index contributed by atoms with van der Waals surface area (Å²) >= 11 is 6.36. The van der Waals surface area contributed by atoms with Crippen LogP contribution in [0.5, 0.6) is 0 Å². The lowest BCUT2D eigenvalue weighted by atomic mass is 9.86. The van der Waals surface area contributed by atoms with Crippen LogP contribution in [0.1, 0.15) is 54.4 Å². The number of benzene rings is 2. The van der Waals surface area contributed by atoms with Crippen LogP contribution in [0.25, 0.3) is 0 Å². The van der Waals surface area contributed by atoms with Crippen molar-refractivity contribution in [3.8, 4) is 0 Å². The molecule has 220 valence electrons. The molecule has 0 radical (unpaired) electrons. The molecule has 2 aromatic carbocycles. The van der Waals surface area contributed by atoms with Gasteiger partial charge in [-0.05, 0) is 56.4 Å². The highest BCUT2D eigenvalue weighted by Crippen LogP contribution is 2.40. The van der Waals surface area contributed by atoms with E-state index in [1.807, 2.05) is 19.9 Å². The number of benzodiazepines with no additional fused rings is 1. The van der Waals surface area contributed by atoms with Gasteiger partial charge in [-0.25, -0.2) is 9.89 Å². The molecule has 1 saturated heterocycles. The van der Waals surface area contributed by atoms with Gasteiger partial charge in [-0.2, -0.15) is 26.3 Å². The van der Waals surface area contributed by atoms with Crippen LogP contribution in [0.3, 0.4) is 0 Å². The van der Waals surface area contributed by atoms with Crippen molar-refractivity contribution >= 4 is 40.7 Å². The Hall–Kier alpha value is -3.41. The molecule has 2 aromatic rings. The second-order valence-electron chi connectivity index (χ2n) is 10.2. The third kappa shape index (κ3) is 6.74. The molecule has 0 aliphatic carbocycles. The van der Waals surface area contributed by atoms with Crippen molar-refractivity contribution in [2.75, 3.05) is 5.32 Å². The molecule has 1 N–H and O–H groups in total. The molecule has 6 nitrogen and oxygen atoms in total. The van der Waals surface area contributed by atoms with Gasteiger partial charge in [0, 0.05) is 24.0 Å². The predicted molar refractivity (Wildman–Crippen MR) is 139 cm³/mol. The van der Waals surface area contributed by atoms with Crippen LogP contribution in [-0.2, 0) is 14.4 Å². The van der Waals surface area contributed by atoms with E-state index >= 15 is 0 Å². The highest BCUT2D eigenvalue weighted by Gasteiger charge is 2.52. The molecule has 13 heteroatoms. The summed E-state index contributed by atoms with van der Waals surface area (Å²) in [6.07, 6.45) is -15.6. The number of halogens is 7. The summed E-state index contributed by atoms with van der Waals surface area (Å²) < 4.78 is 77.6. The van der Waals surface area contributed by atoms with Crippen molar-refractivity contribution < 1.29 is 40.7 Å². The van der Waals surface area contributed by atoms with Crippen LogP contribution in [0.15, 0.2) is 41.4 Å². The fourth-order valence-electron chi connectivity index (χ4n) is 5.12. The molecule has 2 heterocycles. The third-order valence-electron chi connectivity index (χ3n) is 7.34. The van der Waals surface area contributed by atoms with Gasteiger partial charge in [0.05, 0.1) is 28.3 Å². The second kappa shape index (κ2) is 11.5. The summed E-state index contributed by atoms with van der Waals surface area (Å²) in [6, 6.07) is 10.1. The van der Waals surface area contributed by atoms with Gasteiger partial charge in [0.1, 0.15) is 0 Å². The zero-order valence-electron chi connectivity index (χ0n) is 22.0. The summed E-state index contributed by atoms with van der Waals surface area (Å²) in [4.78, 5) is 45.4. The zero-order valence-corrected chi connectivity index (χ0v) is 22.8. The maximum atomic E-state index is 13.5. The van der Waals surface area contributed by atoms with Gasteiger partial charge < -0.3 is 5.32 Å². The molecule has 0 bridgehead atoms. The van der Waals surface area contributed by atoms with Crippen LogP contribution in [-0.4, -0.2) is 46.9 Å². The maximum absolute atomic E-state index is 13.5. The molecule has 1 unspecified atom stereocenters. The molecule has 3 amide bonds. The Morgan fingerprint density at radius 2 is 1.51 bits per heavy atom. The van der Waals surface area contributed by atoms with E-state index in [4.69, 9.17) is 11.6 Å². The van der Waals surface area contributed by atoms with Crippen molar-refractivity contribution in [1.29, 1.82) is 0 Å². The Bertz CT molecular complexity index is 1410. The fraction of sp³-hybridized carbons (Fsp3) is 0.429. The van der Waals surface area contributed by atoms with E-state index in [0.29, 0.717) is 16.0 Å². The Labute approximate surface area is 236 Å².